The van der Waals surface area contributed by atoms with Crippen LogP contribution in [-0.4, -0.2) is 62.8 Å². The minimum Gasteiger partial charge on any atom is -0.374 e. The summed E-state index contributed by atoms with van der Waals surface area (Å²) in [6.45, 7) is 10.9. The Morgan fingerprint density at radius 3 is 3.13 bits per heavy atom. The zero-order chi connectivity index (χ0) is 16.3. The van der Waals surface area contributed by atoms with Gasteiger partial charge in [0.15, 0.2) is 0 Å². The zero-order valence-electron chi connectivity index (χ0n) is 14.8. The van der Waals surface area contributed by atoms with Crippen molar-refractivity contribution in [2.24, 2.45) is 17.3 Å². The van der Waals surface area contributed by atoms with Crippen molar-refractivity contribution in [3.05, 3.63) is 0 Å². The summed E-state index contributed by atoms with van der Waals surface area (Å²) in [6.07, 6.45) is 4.84. The number of nitrogens with one attached hydrogen (secondary N) is 2. The highest BCUT2D eigenvalue weighted by atomic mass is 16.5. The first kappa shape index (κ1) is 17.2. The molecule has 1 unspecified atom stereocenters. The molecule has 3 fully saturated rings. The number of morpholine rings is 1. The van der Waals surface area contributed by atoms with E-state index in [0.717, 1.165) is 45.8 Å². The molecule has 23 heavy (non-hydrogen) atoms. The number of ether oxygens (including phenoxy) is 1. The number of hydrogen-bond acceptors (Lipinski definition) is 4. The molecule has 2 N–H and O–H groups in total. The largest absolute Gasteiger partial charge is 0.374 e. The second kappa shape index (κ2) is 7.49. The molecular formula is C18H33N3O2. The molecule has 2 saturated heterocycles. The van der Waals surface area contributed by atoms with Gasteiger partial charge < -0.3 is 15.4 Å². The zero-order valence-corrected chi connectivity index (χ0v) is 14.8. The lowest BCUT2D eigenvalue weighted by Crippen LogP contribution is -2.52. The van der Waals surface area contributed by atoms with E-state index in [1.165, 1.54) is 19.3 Å². The molecule has 5 heteroatoms. The summed E-state index contributed by atoms with van der Waals surface area (Å²) in [4.78, 5) is 15.3. The van der Waals surface area contributed by atoms with Crippen LogP contribution in [0.15, 0.2) is 0 Å². The number of carbonyl (C=O) groups excluding carboxylic acids is 1. The van der Waals surface area contributed by atoms with Gasteiger partial charge in [-0.15, -0.1) is 0 Å². The Kier molecular flexibility index (Phi) is 5.60. The van der Waals surface area contributed by atoms with Crippen LogP contribution in [0.4, 0.5) is 0 Å². The van der Waals surface area contributed by atoms with Crippen LogP contribution < -0.4 is 10.6 Å². The third kappa shape index (κ3) is 3.89. The van der Waals surface area contributed by atoms with Crippen molar-refractivity contribution in [1.82, 2.24) is 15.5 Å². The van der Waals surface area contributed by atoms with Crippen molar-refractivity contribution in [2.75, 3.05) is 45.9 Å². The second-order valence-electron chi connectivity index (χ2n) is 8.09. The molecule has 1 aliphatic carbocycles. The summed E-state index contributed by atoms with van der Waals surface area (Å²) in [5.41, 5.74) is -0.148. The Morgan fingerprint density at radius 2 is 2.30 bits per heavy atom. The number of carbonyl (C=O) groups is 1. The molecule has 0 radical (unpaired) electrons. The molecular weight excluding hydrogens is 290 g/mol. The van der Waals surface area contributed by atoms with Crippen molar-refractivity contribution in [3.8, 4) is 0 Å². The maximum atomic E-state index is 12.9. The molecule has 2 aliphatic heterocycles. The lowest BCUT2D eigenvalue weighted by Gasteiger charge is -2.38. The lowest BCUT2D eigenvalue weighted by atomic mass is 9.67. The van der Waals surface area contributed by atoms with Gasteiger partial charge in [-0.05, 0) is 31.2 Å². The Bertz CT molecular complexity index is 415. The highest BCUT2D eigenvalue weighted by molar-refractivity contribution is 5.83. The molecule has 3 atom stereocenters. The van der Waals surface area contributed by atoms with Crippen molar-refractivity contribution < 1.29 is 9.53 Å². The minimum absolute atomic E-state index is 0.138. The molecule has 1 amide bonds. The average Bonchev–Trinajstić information content (AvgIpc) is 2.97. The van der Waals surface area contributed by atoms with Gasteiger partial charge in [0.05, 0.1) is 18.1 Å². The predicted octanol–water partition coefficient (Wildman–Crippen LogP) is 1.24. The standard InChI is InChI=1S/C18H33N3O2/c1-14(2)11-21-7-8-23-16(12-21)10-20-17(22)18-6-4-3-5-15(18)9-19-13-18/h14-16,19H,3-13H2,1-2H3,(H,20,22)/t15-,16?,18+/m0/s1. The third-order valence-electron chi connectivity index (χ3n) is 5.83. The summed E-state index contributed by atoms with van der Waals surface area (Å²) in [5, 5.41) is 6.68. The smallest absolute Gasteiger partial charge is 0.227 e. The van der Waals surface area contributed by atoms with E-state index in [1.54, 1.807) is 0 Å². The van der Waals surface area contributed by atoms with Gasteiger partial charge in [0.25, 0.3) is 0 Å². The van der Waals surface area contributed by atoms with Gasteiger partial charge in [0.2, 0.25) is 5.91 Å². The van der Waals surface area contributed by atoms with Crippen molar-refractivity contribution >= 4 is 5.91 Å². The summed E-state index contributed by atoms with van der Waals surface area (Å²) in [6, 6.07) is 0. The molecule has 132 valence electrons. The van der Waals surface area contributed by atoms with Crippen LogP contribution in [0.2, 0.25) is 0 Å². The van der Waals surface area contributed by atoms with Crippen molar-refractivity contribution in [2.45, 2.75) is 45.6 Å². The molecule has 0 aromatic heterocycles. The molecule has 0 spiro atoms. The molecule has 0 bridgehead atoms. The van der Waals surface area contributed by atoms with E-state index < -0.39 is 0 Å². The lowest BCUT2D eigenvalue weighted by molar-refractivity contribution is -0.135. The van der Waals surface area contributed by atoms with Crippen LogP contribution in [0.25, 0.3) is 0 Å². The van der Waals surface area contributed by atoms with Crippen LogP contribution in [0, 0.1) is 17.3 Å². The summed E-state index contributed by atoms with van der Waals surface area (Å²) in [5.74, 6) is 1.47. The summed E-state index contributed by atoms with van der Waals surface area (Å²) < 4.78 is 5.86. The van der Waals surface area contributed by atoms with Gasteiger partial charge in [0.1, 0.15) is 0 Å². The Morgan fingerprint density at radius 1 is 1.43 bits per heavy atom. The number of nitrogens with zero attached hydrogens (tertiary/aromatic N) is 1. The first-order valence-electron chi connectivity index (χ1n) is 9.43. The van der Waals surface area contributed by atoms with E-state index in [2.05, 4.69) is 29.4 Å². The Hall–Kier alpha value is -0.650. The monoisotopic (exact) mass is 323 g/mol. The van der Waals surface area contributed by atoms with Gasteiger partial charge >= 0.3 is 0 Å². The number of hydrogen-bond donors (Lipinski definition) is 2. The fraction of sp³-hybridized carbons (Fsp3) is 0.944. The molecule has 2 heterocycles. The van der Waals surface area contributed by atoms with Gasteiger partial charge in [-0.1, -0.05) is 26.7 Å². The maximum Gasteiger partial charge on any atom is 0.227 e. The SMILES string of the molecule is CC(C)CN1CCOC(CNC(=O)[C@@]23CCCC[C@H]2CNC3)C1. The fourth-order valence-electron chi connectivity index (χ4n) is 4.66. The first-order valence-corrected chi connectivity index (χ1v) is 9.43. The van der Waals surface area contributed by atoms with Gasteiger partial charge in [-0.25, -0.2) is 0 Å². The van der Waals surface area contributed by atoms with Crippen LogP contribution in [0.3, 0.4) is 0 Å². The van der Waals surface area contributed by atoms with Crippen LogP contribution in [-0.2, 0) is 9.53 Å². The van der Waals surface area contributed by atoms with Crippen molar-refractivity contribution in [1.29, 1.82) is 0 Å². The van der Waals surface area contributed by atoms with Gasteiger partial charge in [-0.2, -0.15) is 0 Å². The maximum absolute atomic E-state index is 12.9. The van der Waals surface area contributed by atoms with Crippen LogP contribution in [0.5, 0.6) is 0 Å². The fourth-order valence-corrected chi connectivity index (χ4v) is 4.66. The van der Waals surface area contributed by atoms with Crippen LogP contribution >= 0.6 is 0 Å². The third-order valence-corrected chi connectivity index (χ3v) is 5.83. The number of fused-ring (bicyclic) bond motifs is 1. The Balaban J connectivity index is 1.50. The normalized spacial score (nSPS) is 35.3. The van der Waals surface area contributed by atoms with E-state index in [-0.39, 0.29) is 17.4 Å². The van der Waals surface area contributed by atoms with E-state index in [0.29, 0.717) is 18.4 Å². The average molecular weight is 323 g/mol. The molecule has 3 aliphatic rings. The highest BCUT2D eigenvalue weighted by Crippen LogP contribution is 2.43. The van der Waals surface area contributed by atoms with E-state index >= 15 is 0 Å². The highest BCUT2D eigenvalue weighted by Gasteiger charge is 2.49. The minimum atomic E-state index is -0.148. The molecule has 5 nitrogen and oxygen atoms in total. The predicted molar refractivity (Wildman–Crippen MR) is 91.3 cm³/mol. The van der Waals surface area contributed by atoms with Crippen molar-refractivity contribution in [3.63, 3.8) is 0 Å². The summed E-state index contributed by atoms with van der Waals surface area (Å²) in [7, 11) is 0. The number of rotatable bonds is 5. The van der Waals surface area contributed by atoms with Crippen LogP contribution in [0.1, 0.15) is 39.5 Å². The first-order chi connectivity index (χ1) is 11.1. The Labute approximate surface area is 140 Å². The number of amides is 1. The van der Waals surface area contributed by atoms with E-state index in [4.69, 9.17) is 4.74 Å². The van der Waals surface area contributed by atoms with E-state index in [9.17, 15) is 4.79 Å². The molecule has 0 aromatic carbocycles. The van der Waals surface area contributed by atoms with Gasteiger partial charge in [-0.3, -0.25) is 9.69 Å². The summed E-state index contributed by atoms with van der Waals surface area (Å²) >= 11 is 0. The molecule has 3 rings (SSSR count). The molecule has 1 saturated carbocycles. The van der Waals surface area contributed by atoms with E-state index in [1.807, 2.05) is 0 Å². The van der Waals surface area contributed by atoms with Gasteiger partial charge in [0, 0.05) is 32.7 Å². The molecule has 0 aromatic rings. The second-order valence-corrected chi connectivity index (χ2v) is 8.09. The topological polar surface area (TPSA) is 53.6 Å². The quantitative estimate of drug-likeness (QED) is 0.799.